The summed E-state index contributed by atoms with van der Waals surface area (Å²) in [6.45, 7) is 2.69. The maximum Gasteiger partial charge on any atom is 0.297 e. The van der Waals surface area contributed by atoms with Crippen LogP contribution in [0, 0.1) is 34.8 Å². The van der Waals surface area contributed by atoms with Crippen molar-refractivity contribution in [3.05, 3.63) is 29.8 Å². The molecule has 1 amide bonds. The van der Waals surface area contributed by atoms with E-state index >= 15 is 0 Å². The molecule has 0 fully saturated rings. The van der Waals surface area contributed by atoms with Crippen LogP contribution in [0.1, 0.15) is 13.8 Å². The molecule has 0 heterocycles. The zero-order valence-corrected chi connectivity index (χ0v) is 11.0. The van der Waals surface area contributed by atoms with E-state index in [-0.39, 0.29) is 12.4 Å². The minimum atomic E-state index is -1.33. The van der Waals surface area contributed by atoms with Crippen LogP contribution in [0.5, 0.6) is 5.75 Å². The van der Waals surface area contributed by atoms with E-state index in [2.05, 4.69) is 17.2 Å². The molecular formula is C14H12F2N2O2. The van der Waals surface area contributed by atoms with Gasteiger partial charge in [-0.1, -0.05) is 5.92 Å². The van der Waals surface area contributed by atoms with E-state index < -0.39 is 23.1 Å². The van der Waals surface area contributed by atoms with Gasteiger partial charge < -0.3 is 10.1 Å². The Morgan fingerprint density at radius 2 is 2.15 bits per heavy atom. The number of nitriles is 1. The lowest BCUT2D eigenvalue weighted by atomic mass is 10.1. The molecule has 1 aromatic carbocycles. The molecule has 0 aliphatic heterocycles. The Labute approximate surface area is 115 Å². The van der Waals surface area contributed by atoms with E-state index in [0.29, 0.717) is 0 Å². The molecule has 0 aliphatic carbocycles. The topological polar surface area (TPSA) is 62.1 Å². The predicted molar refractivity (Wildman–Crippen MR) is 67.5 cm³/mol. The second kappa shape index (κ2) is 6.53. The molecule has 0 spiro atoms. The molecule has 1 rings (SSSR count). The van der Waals surface area contributed by atoms with Crippen LogP contribution in [0.25, 0.3) is 0 Å². The number of hydrogen-bond acceptors (Lipinski definition) is 3. The first-order valence-electron chi connectivity index (χ1n) is 5.64. The van der Waals surface area contributed by atoms with E-state index in [1.54, 1.807) is 0 Å². The number of carbonyl (C=O) groups is 1. The predicted octanol–water partition coefficient (Wildman–Crippen LogP) is 1.77. The summed E-state index contributed by atoms with van der Waals surface area (Å²) in [5.74, 6) is 2.02. The highest BCUT2D eigenvalue weighted by atomic mass is 19.2. The number of halogens is 2. The van der Waals surface area contributed by atoms with Crippen molar-refractivity contribution in [1.82, 2.24) is 5.32 Å². The molecule has 1 atom stereocenters. The second-order valence-electron chi connectivity index (χ2n) is 4.14. The molecule has 4 nitrogen and oxygen atoms in total. The van der Waals surface area contributed by atoms with Crippen molar-refractivity contribution in [2.75, 3.05) is 6.61 Å². The lowest BCUT2D eigenvalue weighted by molar-refractivity contribution is -0.117. The quantitative estimate of drug-likeness (QED) is 0.854. The Bertz CT molecular complexity index is 614. The van der Waals surface area contributed by atoms with Gasteiger partial charge in [-0.15, -0.1) is 0 Å². The van der Waals surface area contributed by atoms with Crippen LogP contribution in [-0.2, 0) is 4.79 Å². The van der Waals surface area contributed by atoms with Gasteiger partial charge in [-0.3, -0.25) is 4.79 Å². The van der Waals surface area contributed by atoms with Gasteiger partial charge in [0.05, 0.1) is 6.07 Å². The highest BCUT2D eigenvalue weighted by Gasteiger charge is 2.26. The molecule has 0 radical (unpaired) electrons. The maximum atomic E-state index is 13.0. The van der Waals surface area contributed by atoms with Crippen molar-refractivity contribution in [2.24, 2.45) is 0 Å². The van der Waals surface area contributed by atoms with Gasteiger partial charge in [0.2, 0.25) is 0 Å². The number of ether oxygens (including phenoxy) is 1. The fourth-order valence-corrected chi connectivity index (χ4v) is 1.29. The van der Waals surface area contributed by atoms with Gasteiger partial charge in [-0.25, -0.2) is 8.78 Å². The van der Waals surface area contributed by atoms with Crippen LogP contribution in [0.2, 0.25) is 0 Å². The number of benzene rings is 1. The third-order valence-corrected chi connectivity index (χ3v) is 2.29. The van der Waals surface area contributed by atoms with Gasteiger partial charge >= 0.3 is 0 Å². The summed E-state index contributed by atoms with van der Waals surface area (Å²) < 4.78 is 30.9. The number of carbonyl (C=O) groups excluding carboxylic acids is 1. The fourth-order valence-electron chi connectivity index (χ4n) is 1.29. The summed E-state index contributed by atoms with van der Waals surface area (Å²) in [4.78, 5) is 11.3. The molecule has 0 aliphatic rings. The molecule has 104 valence electrons. The molecule has 6 heteroatoms. The zero-order chi connectivity index (χ0) is 15.2. The minimum Gasteiger partial charge on any atom is -0.490 e. The first-order valence-corrected chi connectivity index (χ1v) is 5.64. The molecule has 1 aromatic rings. The van der Waals surface area contributed by atoms with Crippen molar-refractivity contribution in [1.29, 1.82) is 5.26 Å². The molecule has 0 bridgehead atoms. The summed E-state index contributed by atoms with van der Waals surface area (Å²) in [6, 6.07) is 4.87. The number of nitrogens with zero attached hydrogens (tertiary/aromatic N) is 1. The van der Waals surface area contributed by atoms with Gasteiger partial charge in [0.1, 0.15) is 12.4 Å². The smallest absolute Gasteiger partial charge is 0.297 e. The average Bonchev–Trinajstić information content (AvgIpc) is 2.40. The third kappa shape index (κ3) is 4.25. The Hall–Kier alpha value is -2.60. The van der Waals surface area contributed by atoms with Gasteiger partial charge in [-0.05, 0) is 31.9 Å². The average molecular weight is 278 g/mol. The normalized spacial score (nSPS) is 12.3. The second-order valence-corrected chi connectivity index (χ2v) is 4.14. The Kier molecular flexibility index (Phi) is 5.05. The lowest BCUT2D eigenvalue weighted by Crippen LogP contribution is -2.48. The van der Waals surface area contributed by atoms with Crippen LogP contribution in [-0.4, -0.2) is 18.1 Å². The highest BCUT2D eigenvalue weighted by molar-refractivity contribution is 5.94. The summed E-state index contributed by atoms with van der Waals surface area (Å²) in [7, 11) is 0. The maximum absolute atomic E-state index is 13.0. The number of hydrogen-bond donors (Lipinski definition) is 1. The van der Waals surface area contributed by atoms with Gasteiger partial charge in [-0.2, -0.15) is 5.26 Å². The molecule has 1 unspecified atom stereocenters. The molecule has 0 aromatic heterocycles. The first kappa shape index (κ1) is 15.5. The van der Waals surface area contributed by atoms with Gasteiger partial charge in [0, 0.05) is 6.07 Å². The largest absolute Gasteiger partial charge is 0.490 e. The van der Waals surface area contributed by atoms with Gasteiger partial charge in [0.25, 0.3) is 5.91 Å². The monoisotopic (exact) mass is 278 g/mol. The van der Waals surface area contributed by atoms with Crippen molar-refractivity contribution in [2.45, 2.75) is 19.4 Å². The number of rotatable bonds is 4. The lowest BCUT2D eigenvalue weighted by Gasteiger charge is -2.22. The van der Waals surface area contributed by atoms with E-state index in [1.165, 1.54) is 19.9 Å². The summed E-state index contributed by atoms with van der Waals surface area (Å²) in [5.41, 5.74) is -1.33. The van der Waals surface area contributed by atoms with E-state index in [9.17, 15) is 13.6 Å². The van der Waals surface area contributed by atoms with E-state index in [0.717, 1.165) is 12.1 Å². The van der Waals surface area contributed by atoms with Crippen molar-refractivity contribution >= 4 is 5.91 Å². The van der Waals surface area contributed by atoms with Crippen LogP contribution >= 0.6 is 0 Å². The number of amides is 1. The molecule has 0 saturated carbocycles. The van der Waals surface area contributed by atoms with Gasteiger partial charge in [0.15, 0.2) is 17.2 Å². The van der Waals surface area contributed by atoms with Crippen LogP contribution < -0.4 is 10.1 Å². The van der Waals surface area contributed by atoms with Crippen molar-refractivity contribution in [3.63, 3.8) is 0 Å². The Morgan fingerprint density at radius 3 is 2.70 bits per heavy atom. The Morgan fingerprint density at radius 1 is 1.45 bits per heavy atom. The molecule has 1 N–H and O–H groups in total. The summed E-state index contributed by atoms with van der Waals surface area (Å²) >= 11 is 0. The molecule has 20 heavy (non-hydrogen) atoms. The molecule has 0 saturated heterocycles. The van der Waals surface area contributed by atoms with E-state index in [1.807, 2.05) is 6.07 Å². The van der Waals surface area contributed by atoms with Crippen molar-refractivity contribution in [3.8, 4) is 23.7 Å². The van der Waals surface area contributed by atoms with Crippen molar-refractivity contribution < 1.29 is 18.3 Å². The Balaban J connectivity index is 2.73. The molecular weight excluding hydrogens is 266 g/mol. The van der Waals surface area contributed by atoms with Crippen LogP contribution in [0.15, 0.2) is 18.2 Å². The highest BCUT2D eigenvalue weighted by Crippen LogP contribution is 2.16. The third-order valence-electron chi connectivity index (χ3n) is 2.29. The summed E-state index contributed by atoms with van der Waals surface area (Å²) in [6.07, 6.45) is 0. The SMILES string of the molecule is CC#CC(=O)NC(C)(C#N)COc1ccc(F)c(F)c1. The zero-order valence-electron chi connectivity index (χ0n) is 11.0. The standard InChI is InChI=1S/C14H12F2N2O2/c1-3-4-13(19)18-14(2,8-17)9-20-10-5-6-11(15)12(16)7-10/h5-7H,9H2,1-2H3,(H,18,19). The number of nitrogens with one attached hydrogen (secondary N) is 1. The minimum absolute atomic E-state index is 0.0567. The van der Waals surface area contributed by atoms with Crippen LogP contribution in [0.3, 0.4) is 0 Å². The van der Waals surface area contributed by atoms with Crippen LogP contribution in [0.4, 0.5) is 8.78 Å². The van der Waals surface area contributed by atoms with E-state index in [4.69, 9.17) is 10.00 Å². The first-order chi connectivity index (χ1) is 9.40. The summed E-state index contributed by atoms with van der Waals surface area (Å²) in [5, 5.41) is 11.4. The fraction of sp³-hybridized carbons (Fsp3) is 0.286.